The maximum absolute atomic E-state index is 6.19. The standard InChI is InChI=1S/C23H21ClN4/c1-28(2)18-13-11-16(12-14-18)15-25-22-21-19(17-7-4-3-5-8-17)9-6-10-20(21)26-23(24)27-22/h3-14H,15H2,1-2H3,(H,25,26,27). The third-order valence-electron chi connectivity index (χ3n) is 4.69. The van der Waals surface area contributed by atoms with E-state index in [1.165, 1.54) is 11.3 Å². The van der Waals surface area contributed by atoms with Gasteiger partial charge in [-0.1, -0.05) is 54.6 Å². The van der Waals surface area contributed by atoms with Gasteiger partial charge >= 0.3 is 0 Å². The number of benzene rings is 3. The number of aromatic nitrogens is 2. The largest absolute Gasteiger partial charge is 0.378 e. The van der Waals surface area contributed by atoms with E-state index in [2.05, 4.69) is 62.6 Å². The monoisotopic (exact) mass is 388 g/mol. The average Bonchev–Trinajstić information content (AvgIpc) is 2.72. The van der Waals surface area contributed by atoms with Crippen molar-refractivity contribution >= 4 is 34.0 Å². The van der Waals surface area contributed by atoms with E-state index in [0.29, 0.717) is 6.54 Å². The second-order valence-corrected chi connectivity index (χ2v) is 7.16. The Balaban J connectivity index is 1.72. The highest BCUT2D eigenvalue weighted by molar-refractivity contribution is 6.29. The van der Waals surface area contributed by atoms with Crippen LogP contribution in [0, 0.1) is 0 Å². The zero-order valence-electron chi connectivity index (χ0n) is 15.9. The van der Waals surface area contributed by atoms with Gasteiger partial charge in [0.05, 0.1) is 10.9 Å². The lowest BCUT2D eigenvalue weighted by molar-refractivity contribution is 1.09. The van der Waals surface area contributed by atoms with Gasteiger partial charge in [-0.05, 0) is 46.5 Å². The van der Waals surface area contributed by atoms with E-state index in [-0.39, 0.29) is 5.28 Å². The molecule has 0 spiro atoms. The topological polar surface area (TPSA) is 41.0 Å². The van der Waals surface area contributed by atoms with E-state index in [1.807, 2.05) is 44.4 Å². The van der Waals surface area contributed by atoms with Crippen LogP contribution in [0.3, 0.4) is 0 Å². The van der Waals surface area contributed by atoms with E-state index in [1.54, 1.807) is 0 Å². The highest BCUT2D eigenvalue weighted by Gasteiger charge is 2.12. The van der Waals surface area contributed by atoms with Crippen LogP contribution in [0.1, 0.15) is 5.56 Å². The fourth-order valence-electron chi connectivity index (χ4n) is 3.24. The molecule has 0 unspecified atom stereocenters. The van der Waals surface area contributed by atoms with Gasteiger partial charge in [-0.2, -0.15) is 0 Å². The maximum Gasteiger partial charge on any atom is 0.224 e. The van der Waals surface area contributed by atoms with Crippen molar-refractivity contribution in [3.05, 3.63) is 83.6 Å². The quantitative estimate of drug-likeness (QED) is 0.450. The minimum absolute atomic E-state index is 0.239. The summed E-state index contributed by atoms with van der Waals surface area (Å²) in [7, 11) is 4.07. The number of rotatable bonds is 5. The van der Waals surface area contributed by atoms with Crippen LogP contribution in [0.5, 0.6) is 0 Å². The highest BCUT2D eigenvalue weighted by atomic mass is 35.5. The van der Waals surface area contributed by atoms with Crippen LogP contribution < -0.4 is 10.2 Å². The first-order chi connectivity index (χ1) is 13.6. The number of hydrogen-bond donors (Lipinski definition) is 1. The lowest BCUT2D eigenvalue weighted by atomic mass is 10.0. The summed E-state index contributed by atoms with van der Waals surface area (Å²) in [6.45, 7) is 0.652. The first-order valence-electron chi connectivity index (χ1n) is 9.13. The molecule has 28 heavy (non-hydrogen) atoms. The Bertz CT molecular complexity index is 1090. The summed E-state index contributed by atoms with van der Waals surface area (Å²) in [4.78, 5) is 11.0. The van der Waals surface area contributed by atoms with Crippen LogP contribution in [0.2, 0.25) is 5.28 Å². The molecule has 1 N–H and O–H groups in total. The molecule has 1 heterocycles. The molecule has 4 rings (SSSR count). The molecule has 4 aromatic rings. The van der Waals surface area contributed by atoms with Crippen molar-refractivity contribution in [2.75, 3.05) is 24.3 Å². The van der Waals surface area contributed by atoms with E-state index in [9.17, 15) is 0 Å². The van der Waals surface area contributed by atoms with Crippen molar-refractivity contribution in [2.24, 2.45) is 0 Å². The second kappa shape index (κ2) is 7.87. The summed E-state index contributed by atoms with van der Waals surface area (Å²) in [6, 6.07) is 24.8. The van der Waals surface area contributed by atoms with Gasteiger partial charge in [-0.15, -0.1) is 0 Å². The molecule has 1 aromatic heterocycles. The van der Waals surface area contributed by atoms with Crippen molar-refractivity contribution in [1.29, 1.82) is 0 Å². The molecule has 3 aromatic carbocycles. The SMILES string of the molecule is CN(C)c1ccc(CNc2nc(Cl)nc3cccc(-c4ccccc4)c23)cc1. The summed E-state index contributed by atoms with van der Waals surface area (Å²) >= 11 is 6.19. The Labute approximate surface area is 169 Å². The first-order valence-corrected chi connectivity index (χ1v) is 9.51. The fourth-order valence-corrected chi connectivity index (χ4v) is 3.41. The predicted octanol–water partition coefficient (Wildman–Crippen LogP) is 5.63. The van der Waals surface area contributed by atoms with Crippen molar-refractivity contribution in [3.63, 3.8) is 0 Å². The van der Waals surface area contributed by atoms with Gasteiger partial charge in [-0.3, -0.25) is 0 Å². The molecule has 140 valence electrons. The minimum Gasteiger partial charge on any atom is -0.378 e. The summed E-state index contributed by atoms with van der Waals surface area (Å²) in [5.74, 6) is 0.742. The zero-order valence-corrected chi connectivity index (χ0v) is 16.6. The van der Waals surface area contributed by atoms with E-state index in [0.717, 1.165) is 27.8 Å². The highest BCUT2D eigenvalue weighted by Crippen LogP contribution is 2.33. The van der Waals surface area contributed by atoms with Crippen LogP contribution in [0.4, 0.5) is 11.5 Å². The molecule has 0 saturated heterocycles. The fraction of sp³-hybridized carbons (Fsp3) is 0.130. The number of halogens is 1. The summed E-state index contributed by atoms with van der Waals surface area (Å²) in [5, 5.41) is 4.67. The van der Waals surface area contributed by atoms with E-state index in [4.69, 9.17) is 11.6 Å². The van der Waals surface area contributed by atoms with Crippen LogP contribution in [0.25, 0.3) is 22.0 Å². The Morgan fingerprint density at radius 1 is 0.857 bits per heavy atom. The third-order valence-corrected chi connectivity index (χ3v) is 4.86. The van der Waals surface area contributed by atoms with E-state index < -0.39 is 0 Å². The van der Waals surface area contributed by atoms with Gasteiger partial charge in [0.15, 0.2) is 0 Å². The Morgan fingerprint density at radius 2 is 1.61 bits per heavy atom. The molecule has 0 aliphatic rings. The molecule has 0 aliphatic carbocycles. The van der Waals surface area contributed by atoms with Gasteiger partial charge in [0.2, 0.25) is 5.28 Å². The lowest BCUT2D eigenvalue weighted by Crippen LogP contribution is -2.09. The van der Waals surface area contributed by atoms with Crippen LogP contribution in [-0.2, 0) is 6.54 Å². The van der Waals surface area contributed by atoms with Gasteiger partial charge in [-0.25, -0.2) is 9.97 Å². The zero-order chi connectivity index (χ0) is 19.5. The van der Waals surface area contributed by atoms with Crippen LogP contribution in [0.15, 0.2) is 72.8 Å². The number of fused-ring (bicyclic) bond motifs is 1. The third kappa shape index (κ3) is 3.78. The smallest absolute Gasteiger partial charge is 0.224 e. The molecule has 0 saturated carbocycles. The molecule has 4 nitrogen and oxygen atoms in total. The first kappa shape index (κ1) is 18.3. The van der Waals surface area contributed by atoms with Gasteiger partial charge in [0.25, 0.3) is 0 Å². The van der Waals surface area contributed by atoms with Crippen molar-refractivity contribution < 1.29 is 0 Å². The number of nitrogens with one attached hydrogen (secondary N) is 1. The van der Waals surface area contributed by atoms with Crippen LogP contribution in [-0.4, -0.2) is 24.1 Å². The number of hydrogen-bond acceptors (Lipinski definition) is 4. The normalized spacial score (nSPS) is 10.8. The Kier molecular flexibility index (Phi) is 5.13. The van der Waals surface area contributed by atoms with Gasteiger partial charge < -0.3 is 10.2 Å². The summed E-state index contributed by atoms with van der Waals surface area (Å²) in [6.07, 6.45) is 0. The van der Waals surface area contributed by atoms with Gasteiger partial charge in [0, 0.05) is 26.3 Å². The van der Waals surface area contributed by atoms with E-state index >= 15 is 0 Å². The number of nitrogens with zero attached hydrogens (tertiary/aromatic N) is 3. The molecule has 0 radical (unpaired) electrons. The molecule has 0 aliphatic heterocycles. The van der Waals surface area contributed by atoms with Crippen molar-refractivity contribution in [1.82, 2.24) is 9.97 Å². The molecule has 0 bridgehead atoms. The molecule has 0 fully saturated rings. The Hall–Kier alpha value is -3.11. The molecular weight excluding hydrogens is 368 g/mol. The Morgan fingerprint density at radius 3 is 2.32 bits per heavy atom. The predicted molar refractivity (Wildman–Crippen MR) is 118 cm³/mol. The minimum atomic E-state index is 0.239. The van der Waals surface area contributed by atoms with Crippen LogP contribution >= 0.6 is 11.6 Å². The lowest BCUT2D eigenvalue weighted by Gasteiger charge is -2.15. The summed E-state index contributed by atoms with van der Waals surface area (Å²) in [5.41, 5.74) is 5.38. The molecular formula is C23H21ClN4. The second-order valence-electron chi connectivity index (χ2n) is 6.82. The average molecular weight is 389 g/mol. The molecule has 5 heteroatoms. The molecule has 0 amide bonds. The van der Waals surface area contributed by atoms with Crippen molar-refractivity contribution in [2.45, 2.75) is 6.54 Å². The summed E-state index contributed by atoms with van der Waals surface area (Å²) < 4.78 is 0. The molecule has 0 atom stereocenters. The van der Waals surface area contributed by atoms with Gasteiger partial charge in [0.1, 0.15) is 5.82 Å². The number of anilines is 2. The maximum atomic E-state index is 6.19. The van der Waals surface area contributed by atoms with Crippen molar-refractivity contribution in [3.8, 4) is 11.1 Å².